The maximum Gasteiger partial charge on any atom is 0.305 e. The van der Waals surface area contributed by atoms with Gasteiger partial charge in [-0.25, -0.2) is 0 Å². The monoisotopic (exact) mass is 416 g/mol. The highest BCUT2D eigenvalue weighted by Crippen LogP contribution is 2.27. The van der Waals surface area contributed by atoms with Crippen LogP contribution in [0.1, 0.15) is 44.9 Å². The maximum absolute atomic E-state index is 11.2. The third kappa shape index (κ3) is 5.33. The third-order valence-corrected chi connectivity index (χ3v) is 6.54. The highest BCUT2D eigenvalue weighted by atomic mass is 16.5. The molecule has 0 aliphatic carbocycles. The summed E-state index contributed by atoms with van der Waals surface area (Å²) in [6, 6.07) is 2.21. The molecule has 4 rings (SSSR count). The summed E-state index contributed by atoms with van der Waals surface area (Å²) in [5, 5.41) is 0. The lowest BCUT2D eigenvalue weighted by atomic mass is 10.2. The van der Waals surface area contributed by atoms with Gasteiger partial charge in [0.15, 0.2) is 0 Å². The molecule has 166 valence electrons. The molecule has 0 aromatic carbocycles. The van der Waals surface area contributed by atoms with Crippen LogP contribution in [0.15, 0.2) is 6.07 Å². The van der Waals surface area contributed by atoms with E-state index in [1.165, 1.54) is 32.8 Å². The summed E-state index contributed by atoms with van der Waals surface area (Å²) in [5.41, 5.74) is 0. The van der Waals surface area contributed by atoms with Crippen LogP contribution in [0.2, 0.25) is 0 Å². The van der Waals surface area contributed by atoms with Gasteiger partial charge >= 0.3 is 5.97 Å². The molecule has 0 saturated carbocycles. The Morgan fingerprint density at radius 3 is 2.00 bits per heavy atom. The molecule has 1 aromatic rings. The smallest absolute Gasteiger partial charge is 0.305 e. The largest absolute Gasteiger partial charge is 0.469 e. The van der Waals surface area contributed by atoms with Gasteiger partial charge in [-0.2, -0.15) is 9.97 Å². The highest BCUT2D eigenvalue weighted by Gasteiger charge is 2.24. The quantitative estimate of drug-likeness (QED) is 0.472. The predicted octanol–water partition coefficient (Wildman–Crippen LogP) is 2.14. The van der Waals surface area contributed by atoms with Gasteiger partial charge in [-0.05, 0) is 45.1 Å². The van der Waals surface area contributed by atoms with Gasteiger partial charge in [-0.15, -0.1) is 0 Å². The normalized spacial score (nSPS) is 20.2. The molecule has 0 atom stereocenters. The van der Waals surface area contributed by atoms with Crippen molar-refractivity contribution in [3.63, 3.8) is 0 Å². The number of nitrogens with zero attached hydrogens (tertiary/aromatic N) is 6. The summed E-state index contributed by atoms with van der Waals surface area (Å²) < 4.78 is 4.72. The van der Waals surface area contributed by atoms with E-state index in [9.17, 15) is 4.79 Å². The van der Waals surface area contributed by atoms with E-state index >= 15 is 0 Å². The second-order valence-corrected chi connectivity index (χ2v) is 8.63. The average molecular weight is 417 g/mol. The van der Waals surface area contributed by atoms with Gasteiger partial charge in [0.05, 0.1) is 7.11 Å². The molecule has 3 saturated heterocycles. The van der Waals surface area contributed by atoms with Crippen LogP contribution in [-0.2, 0) is 9.53 Å². The zero-order valence-corrected chi connectivity index (χ0v) is 18.4. The molecule has 3 aliphatic heterocycles. The van der Waals surface area contributed by atoms with Crippen LogP contribution >= 0.6 is 0 Å². The van der Waals surface area contributed by atoms with Crippen molar-refractivity contribution in [2.75, 3.05) is 80.7 Å². The number of esters is 1. The lowest BCUT2D eigenvalue weighted by Gasteiger charge is -2.36. The molecule has 0 amide bonds. The second kappa shape index (κ2) is 10.3. The molecule has 8 nitrogen and oxygen atoms in total. The Labute approximate surface area is 180 Å². The van der Waals surface area contributed by atoms with Gasteiger partial charge in [-0.1, -0.05) is 0 Å². The summed E-state index contributed by atoms with van der Waals surface area (Å²) in [4.78, 5) is 30.9. The number of methoxy groups -OCH3 is 1. The standard InChI is InChI=1S/C22H36N6O2/c1-30-21(29)8-2-3-9-25-14-16-27(17-15-25)20-18-19(26-10-4-5-11-26)23-22(24-20)28-12-6-7-13-28/h18H,2-17H2,1H3. The van der Waals surface area contributed by atoms with E-state index < -0.39 is 0 Å². The van der Waals surface area contributed by atoms with Crippen LogP contribution in [0.25, 0.3) is 0 Å². The molecule has 4 heterocycles. The van der Waals surface area contributed by atoms with E-state index in [0.29, 0.717) is 6.42 Å². The number of rotatable bonds is 8. The van der Waals surface area contributed by atoms with E-state index in [1.807, 2.05) is 0 Å². The summed E-state index contributed by atoms with van der Waals surface area (Å²) in [5.74, 6) is 2.99. The summed E-state index contributed by atoms with van der Waals surface area (Å²) in [6.07, 6.45) is 7.45. The van der Waals surface area contributed by atoms with Crippen molar-refractivity contribution in [2.24, 2.45) is 0 Å². The number of piperazine rings is 1. The Kier molecular flexibility index (Phi) is 7.25. The molecule has 8 heteroatoms. The van der Waals surface area contributed by atoms with Crippen molar-refractivity contribution in [2.45, 2.75) is 44.9 Å². The molecule has 0 radical (unpaired) electrons. The van der Waals surface area contributed by atoms with Gasteiger partial charge < -0.3 is 19.4 Å². The molecular formula is C22H36N6O2. The van der Waals surface area contributed by atoms with Crippen LogP contribution < -0.4 is 14.7 Å². The summed E-state index contributed by atoms with van der Waals surface area (Å²) in [7, 11) is 1.46. The van der Waals surface area contributed by atoms with Crippen LogP contribution in [0.3, 0.4) is 0 Å². The zero-order chi connectivity index (χ0) is 20.8. The summed E-state index contributed by atoms with van der Waals surface area (Å²) >= 11 is 0. The zero-order valence-electron chi connectivity index (χ0n) is 18.4. The number of hydrogen-bond donors (Lipinski definition) is 0. The van der Waals surface area contributed by atoms with Crippen molar-refractivity contribution in [3.8, 4) is 0 Å². The van der Waals surface area contributed by atoms with E-state index in [4.69, 9.17) is 14.7 Å². The summed E-state index contributed by atoms with van der Waals surface area (Å²) in [6.45, 7) is 9.47. The third-order valence-electron chi connectivity index (χ3n) is 6.54. The first kappa shape index (κ1) is 21.2. The topological polar surface area (TPSA) is 65.0 Å². The minimum Gasteiger partial charge on any atom is -0.469 e. The van der Waals surface area contributed by atoms with Crippen LogP contribution in [-0.4, -0.2) is 86.8 Å². The maximum atomic E-state index is 11.2. The minimum absolute atomic E-state index is 0.105. The Morgan fingerprint density at radius 1 is 0.833 bits per heavy atom. The van der Waals surface area contributed by atoms with Crippen molar-refractivity contribution in [1.29, 1.82) is 0 Å². The van der Waals surface area contributed by atoms with Crippen LogP contribution in [0.5, 0.6) is 0 Å². The Bertz CT molecular complexity index is 661. The van der Waals surface area contributed by atoms with Crippen molar-refractivity contribution >= 4 is 23.6 Å². The van der Waals surface area contributed by atoms with Gasteiger partial charge in [0.25, 0.3) is 0 Å². The number of ether oxygens (including phenoxy) is 1. The van der Waals surface area contributed by atoms with E-state index in [1.54, 1.807) is 0 Å². The molecular weight excluding hydrogens is 380 g/mol. The molecule has 1 aromatic heterocycles. The minimum atomic E-state index is -0.105. The number of hydrogen-bond acceptors (Lipinski definition) is 8. The van der Waals surface area contributed by atoms with E-state index in [2.05, 4.69) is 25.7 Å². The molecule has 30 heavy (non-hydrogen) atoms. The lowest BCUT2D eigenvalue weighted by Crippen LogP contribution is -2.47. The van der Waals surface area contributed by atoms with Crippen molar-refractivity contribution in [3.05, 3.63) is 6.07 Å². The number of carbonyl (C=O) groups is 1. The Balaban J connectivity index is 1.35. The SMILES string of the molecule is COC(=O)CCCCN1CCN(c2cc(N3CCCC3)nc(N3CCCC3)n2)CC1. The Morgan fingerprint density at radius 2 is 1.40 bits per heavy atom. The molecule has 0 N–H and O–H groups in total. The van der Waals surface area contributed by atoms with Gasteiger partial charge in [0, 0.05) is 64.8 Å². The first-order valence-corrected chi connectivity index (χ1v) is 11.7. The van der Waals surface area contributed by atoms with Crippen LogP contribution in [0, 0.1) is 0 Å². The molecule has 3 fully saturated rings. The van der Waals surface area contributed by atoms with Crippen molar-refractivity contribution in [1.82, 2.24) is 14.9 Å². The predicted molar refractivity (Wildman–Crippen MR) is 119 cm³/mol. The van der Waals surface area contributed by atoms with E-state index in [-0.39, 0.29) is 5.97 Å². The number of carbonyl (C=O) groups excluding carboxylic acids is 1. The van der Waals surface area contributed by atoms with Crippen LogP contribution in [0.4, 0.5) is 17.6 Å². The molecule has 3 aliphatic rings. The lowest BCUT2D eigenvalue weighted by molar-refractivity contribution is -0.140. The second-order valence-electron chi connectivity index (χ2n) is 8.63. The first-order chi connectivity index (χ1) is 14.7. The fourth-order valence-corrected chi connectivity index (χ4v) is 4.65. The molecule has 0 bridgehead atoms. The molecule has 0 unspecified atom stereocenters. The highest BCUT2D eigenvalue weighted by molar-refractivity contribution is 5.69. The fraction of sp³-hybridized carbons (Fsp3) is 0.773. The Hall–Kier alpha value is -2.09. The average Bonchev–Trinajstić information content (AvgIpc) is 3.51. The van der Waals surface area contributed by atoms with Crippen molar-refractivity contribution < 1.29 is 9.53 Å². The number of anilines is 3. The van der Waals surface area contributed by atoms with Gasteiger partial charge in [0.1, 0.15) is 11.6 Å². The van der Waals surface area contributed by atoms with Gasteiger partial charge in [0.2, 0.25) is 5.95 Å². The number of unbranched alkanes of at least 4 members (excludes halogenated alkanes) is 1. The number of aromatic nitrogens is 2. The fourth-order valence-electron chi connectivity index (χ4n) is 4.65. The first-order valence-electron chi connectivity index (χ1n) is 11.7. The van der Waals surface area contributed by atoms with Gasteiger partial charge in [-0.3, -0.25) is 9.69 Å². The molecule has 0 spiro atoms. The van der Waals surface area contributed by atoms with E-state index in [0.717, 1.165) is 89.3 Å².